The van der Waals surface area contributed by atoms with E-state index in [1.807, 2.05) is 0 Å². The number of hydrogen-bond donors (Lipinski definition) is 2. The van der Waals surface area contributed by atoms with Crippen LogP contribution in [0.25, 0.3) is 10.9 Å². The number of aromatic nitrogens is 2. The Labute approximate surface area is 157 Å². The Morgan fingerprint density at radius 1 is 1.22 bits per heavy atom. The molecule has 1 aliphatic heterocycles. The predicted octanol–water partition coefficient (Wildman–Crippen LogP) is 2.26. The third-order valence-electron chi connectivity index (χ3n) is 4.58. The Hall–Kier alpha value is -2.97. The van der Waals surface area contributed by atoms with Crippen LogP contribution >= 0.6 is 0 Å². The smallest absolute Gasteiger partial charge is 0.409 e. The topological polar surface area (TPSA) is 112 Å². The zero-order chi connectivity index (χ0) is 19.4. The monoisotopic (exact) mass is 375 g/mol. The first kappa shape index (κ1) is 18.8. The normalized spacial score (nSPS) is 14.9. The zero-order valence-electron chi connectivity index (χ0n) is 15.8. The summed E-state index contributed by atoms with van der Waals surface area (Å²) in [5.74, 6) is 1.98. The van der Waals surface area contributed by atoms with E-state index < -0.39 is 0 Å². The molecular formula is C18H25N5O4. The van der Waals surface area contributed by atoms with Gasteiger partial charge in [-0.2, -0.15) is 4.98 Å². The van der Waals surface area contributed by atoms with Crippen molar-refractivity contribution in [2.75, 3.05) is 45.0 Å². The summed E-state index contributed by atoms with van der Waals surface area (Å²) in [4.78, 5) is 22.4. The van der Waals surface area contributed by atoms with Gasteiger partial charge in [0.2, 0.25) is 5.95 Å². The number of amides is 1. The lowest BCUT2D eigenvalue weighted by Gasteiger charge is -2.31. The average molecular weight is 375 g/mol. The van der Waals surface area contributed by atoms with Gasteiger partial charge in [0.1, 0.15) is 5.82 Å². The second-order valence-corrected chi connectivity index (χ2v) is 6.26. The molecule has 0 spiro atoms. The van der Waals surface area contributed by atoms with Gasteiger partial charge in [-0.3, -0.25) is 0 Å². The van der Waals surface area contributed by atoms with Crippen LogP contribution in [0.4, 0.5) is 16.6 Å². The van der Waals surface area contributed by atoms with Crippen molar-refractivity contribution in [1.29, 1.82) is 0 Å². The van der Waals surface area contributed by atoms with Crippen molar-refractivity contribution in [3.8, 4) is 11.5 Å². The van der Waals surface area contributed by atoms with Gasteiger partial charge >= 0.3 is 6.09 Å². The van der Waals surface area contributed by atoms with Gasteiger partial charge in [-0.1, -0.05) is 0 Å². The number of nitrogen functional groups attached to an aromatic ring is 1. The minimum absolute atomic E-state index is 0.160. The maximum atomic E-state index is 11.8. The first-order chi connectivity index (χ1) is 13.0. The fourth-order valence-corrected chi connectivity index (χ4v) is 3.15. The number of anilines is 2. The van der Waals surface area contributed by atoms with Crippen molar-refractivity contribution in [3.63, 3.8) is 0 Å². The highest BCUT2D eigenvalue weighted by molar-refractivity contribution is 5.91. The van der Waals surface area contributed by atoms with Crippen molar-refractivity contribution in [2.24, 2.45) is 0 Å². The van der Waals surface area contributed by atoms with Gasteiger partial charge in [0.15, 0.2) is 11.5 Å². The first-order valence-corrected chi connectivity index (χ1v) is 8.93. The number of nitrogens with zero attached hydrogens (tertiary/aromatic N) is 3. The van der Waals surface area contributed by atoms with E-state index in [2.05, 4.69) is 15.3 Å². The summed E-state index contributed by atoms with van der Waals surface area (Å²) in [6.45, 7) is 3.45. The largest absolute Gasteiger partial charge is 0.493 e. The van der Waals surface area contributed by atoms with Gasteiger partial charge in [0, 0.05) is 30.6 Å². The van der Waals surface area contributed by atoms with E-state index in [0.29, 0.717) is 53.9 Å². The number of hydrogen-bond acceptors (Lipinski definition) is 8. The second kappa shape index (κ2) is 8.15. The lowest BCUT2D eigenvalue weighted by Crippen LogP contribution is -2.42. The number of methoxy groups -OCH3 is 2. The van der Waals surface area contributed by atoms with Crippen LogP contribution in [0.5, 0.6) is 11.5 Å². The number of nitrogens with one attached hydrogen (secondary N) is 1. The number of nitrogens with two attached hydrogens (primary N) is 1. The maximum Gasteiger partial charge on any atom is 0.409 e. The van der Waals surface area contributed by atoms with E-state index >= 15 is 0 Å². The van der Waals surface area contributed by atoms with Crippen LogP contribution in [0.2, 0.25) is 0 Å². The SMILES string of the molecule is CCOC(=O)N1CCC(Nc2nc(N)c3cc(OC)c(OC)cc3n2)CC1. The van der Waals surface area contributed by atoms with Gasteiger partial charge in [-0.25, -0.2) is 9.78 Å². The number of carbonyl (C=O) groups excluding carboxylic acids is 1. The highest BCUT2D eigenvalue weighted by Crippen LogP contribution is 2.33. The second-order valence-electron chi connectivity index (χ2n) is 6.26. The van der Waals surface area contributed by atoms with Crippen molar-refractivity contribution in [3.05, 3.63) is 12.1 Å². The average Bonchev–Trinajstić information content (AvgIpc) is 2.67. The fourth-order valence-electron chi connectivity index (χ4n) is 3.15. The van der Waals surface area contributed by atoms with Crippen molar-refractivity contribution < 1.29 is 19.0 Å². The standard InChI is InChI=1S/C18H25N5O4/c1-4-27-18(24)23-7-5-11(6-8-23)20-17-21-13-10-15(26-3)14(25-2)9-12(13)16(19)22-17/h9-11H,4-8H2,1-3H3,(H3,19,20,21,22). The van der Waals surface area contributed by atoms with Crippen molar-refractivity contribution in [1.82, 2.24) is 14.9 Å². The van der Waals surface area contributed by atoms with Gasteiger partial charge in [0.25, 0.3) is 0 Å². The molecule has 9 heteroatoms. The molecule has 1 saturated heterocycles. The molecule has 1 fully saturated rings. The van der Waals surface area contributed by atoms with Crippen LogP contribution in [-0.2, 0) is 4.74 Å². The Morgan fingerprint density at radius 2 is 1.89 bits per heavy atom. The molecule has 146 valence electrons. The Bertz CT molecular complexity index is 821. The highest BCUT2D eigenvalue weighted by Gasteiger charge is 2.24. The highest BCUT2D eigenvalue weighted by atomic mass is 16.6. The number of fused-ring (bicyclic) bond motifs is 1. The summed E-state index contributed by atoms with van der Waals surface area (Å²) < 4.78 is 15.7. The van der Waals surface area contributed by atoms with E-state index in [0.717, 1.165) is 12.8 Å². The number of ether oxygens (including phenoxy) is 3. The Kier molecular flexibility index (Phi) is 5.68. The molecular weight excluding hydrogens is 350 g/mol. The molecule has 3 N–H and O–H groups in total. The summed E-state index contributed by atoms with van der Waals surface area (Å²) in [7, 11) is 3.14. The number of rotatable bonds is 5. The van der Waals surface area contributed by atoms with Crippen LogP contribution in [0.1, 0.15) is 19.8 Å². The maximum absolute atomic E-state index is 11.8. The quantitative estimate of drug-likeness (QED) is 0.818. The third-order valence-corrected chi connectivity index (χ3v) is 4.58. The van der Waals surface area contributed by atoms with Crippen LogP contribution in [-0.4, -0.2) is 60.9 Å². The molecule has 0 bridgehead atoms. The molecule has 1 aliphatic rings. The molecule has 3 rings (SSSR count). The molecule has 2 heterocycles. The molecule has 0 unspecified atom stereocenters. The molecule has 1 amide bonds. The summed E-state index contributed by atoms with van der Waals surface area (Å²) in [5, 5.41) is 4.02. The molecule has 1 aromatic carbocycles. The summed E-state index contributed by atoms with van der Waals surface area (Å²) in [5.41, 5.74) is 6.79. The molecule has 0 radical (unpaired) electrons. The van der Waals surface area contributed by atoms with Gasteiger partial charge < -0.3 is 30.2 Å². The van der Waals surface area contributed by atoms with Crippen molar-refractivity contribution in [2.45, 2.75) is 25.8 Å². The van der Waals surface area contributed by atoms with E-state index in [1.165, 1.54) is 0 Å². The van der Waals surface area contributed by atoms with Crippen LogP contribution in [0.15, 0.2) is 12.1 Å². The number of piperidine rings is 1. The molecule has 0 atom stereocenters. The molecule has 27 heavy (non-hydrogen) atoms. The van der Waals surface area contributed by atoms with Crippen molar-refractivity contribution >= 4 is 28.8 Å². The predicted molar refractivity (Wildman–Crippen MR) is 102 cm³/mol. The minimum Gasteiger partial charge on any atom is -0.493 e. The van der Waals surface area contributed by atoms with E-state index in [-0.39, 0.29) is 12.1 Å². The zero-order valence-corrected chi connectivity index (χ0v) is 15.8. The van der Waals surface area contributed by atoms with Gasteiger partial charge in [-0.15, -0.1) is 0 Å². The first-order valence-electron chi connectivity index (χ1n) is 8.93. The van der Waals surface area contributed by atoms with E-state index in [9.17, 15) is 4.79 Å². The molecule has 0 aliphatic carbocycles. The molecule has 9 nitrogen and oxygen atoms in total. The number of likely N-dealkylation sites (tertiary alicyclic amines) is 1. The Morgan fingerprint density at radius 3 is 2.52 bits per heavy atom. The summed E-state index contributed by atoms with van der Waals surface area (Å²) >= 11 is 0. The molecule has 1 aromatic heterocycles. The van der Waals surface area contributed by atoms with Crippen LogP contribution < -0.4 is 20.5 Å². The van der Waals surface area contributed by atoms with Crippen LogP contribution in [0, 0.1) is 0 Å². The third kappa shape index (κ3) is 4.07. The summed E-state index contributed by atoms with van der Waals surface area (Å²) in [6, 6.07) is 3.71. The van der Waals surface area contributed by atoms with Crippen LogP contribution in [0.3, 0.4) is 0 Å². The number of benzene rings is 1. The van der Waals surface area contributed by atoms with E-state index in [4.69, 9.17) is 19.9 Å². The Balaban J connectivity index is 1.73. The molecule has 0 saturated carbocycles. The van der Waals surface area contributed by atoms with Gasteiger partial charge in [-0.05, 0) is 25.8 Å². The lowest BCUT2D eigenvalue weighted by molar-refractivity contribution is 0.0983. The van der Waals surface area contributed by atoms with E-state index in [1.54, 1.807) is 38.2 Å². The number of carbonyl (C=O) groups is 1. The fraction of sp³-hybridized carbons (Fsp3) is 0.500. The minimum atomic E-state index is -0.261. The molecule has 2 aromatic rings. The lowest BCUT2D eigenvalue weighted by atomic mass is 10.1. The van der Waals surface area contributed by atoms with Gasteiger partial charge in [0.05, 0.1) is 26.3 Å². The summed E-state index contributed by atoms with van der Waals surface area (Å²) in [6.07, 6.45) is 1.31.